The number of halogens is 1. The summed E-state index contributed by atoms with van der Waals surface area (Å²) in [5.74, 6) is 0.238. The van der Waals surface area contributed by atoms with E-state index in [0.717, 1.165) is 32.1 Å². The lowest BCUT2D eigenvalue weighted by Crippen LogP contribution is -2.66. The van der Waals surface area contributed by atoms with E-state index in [1.165, 1.54) is 0 Å². The Morgan fingerprint density at radius 3 is 2.45 bits per heavy atom. The number of nitrogens with one attached hydrogen (secondary N) is 1. The smallest absolute Gasteiger partial charge is 0.237 e. The van der Waals surface area contributed by atoms with Crippen LogP contribution in [0.5, 0.6) is 0 Å². The van der Waals surface area contributed by atoms with E-state index in [4.69, 9.17) is 15.2 Å². The normalized spacial score (nSPS) is 29.1. The molecule has 2 aliphatic rings. The molecular formula is C16H31ClN2O3. The van der Waals surface area contributed by atoms with Crippen molar-refractivity contribution < 1.29 is 14.3 Å². The number of carbonyl (C=O) groups excluding carboxylic acids is 1. The fraction of sp³-hybridized carbons (Fsp3) is 0.938. The summed E-state index contributed by atoms with van der Waals surface area (Å²) in [4.78, 5) is 12.4. The summed E-state index contributed by atoms with van der Waals surface area (Å²) in [5.41, 5.74) is 6.23. The molecule has 2 rings (SSSR count). The molecule has 6 heteroatoms. The molecule has 1 amide bonds. The molecule has 1 saturated heterocycles. The van der Waals surface area contributed by atoms with Gasteiger partial charge < -0.3 is 20.5 Å². The van der Waals surface area contributed by atoms with E-state index in [9.17, 15) is 4.79 Å². The van der Waals surface area contributed by atoms with Crippen LogP contribution in [0.3, 0.4) is 0 Å². The first-order valence-corrected chi connectivity index (χ1v) is 8.25. The van der Waals surface area contributed by atoms with Crippen LogP contribution in [-0.4, -0.2) is 44.4 Å². The highest BCUT2D eigenvalue weighted by Gasteiger charge is 2.53. The molecule has 1 aliphatic heterocycles. The highest BCUT2D eigenvalue weighted by molar-refractivity contribution is 5.85. The highest BCUT2D eigenvalue weighted by Crippen LogP contribution is 2.48. The van der Waals surface area contributed by atoms with Crippen LogP contribution in [0.15, 0.2) is 0 Å². The van der Waals surface area contributed by atoms with Crippen molar-refractivity contribution in [1.82, 2.24) is 5.32 Å². The van der Waals surface area contributed by atoms with Gasteiger partial charge in [-0.3, -0.25) is 4.79 Å². The first-order valence-electron chi connectivity index (χ1n) is 8.25. The van der Waals surface area contributed by atoms with Gasteiger partial charge in [0.2, 0.25) is 5.91 Å². The third kappa shape index (κ3) is 3.58. The lowest BCUT2D eigenvalue weighted by atomic mass is 9.58. The molecule has 130 valence electrons. The van der Waals surface area contributed by atoms with Gasteiger partial charge in [-0.1, -0.05) is 13.8 Å². The summed E-state index contributed by atoms with van der Waals surface area (Å²) in [7, 11) is 1.76. The van der Waals surface area contributed by atoms with Crippen molar-refractivity contribution in [2.45, 2.75) is 64.1 Å². The van der Waals surface area contributed by atoms with Crippen molar-refractivity contribution in [1.29, 1.82) is 0 Å². The van der Waals surface area contributed by atoms with Crippen LogP contribution in [0.1, 0.15) is 46.0 Å². The van der Waals surface area contributed by atoms with Crippen molar-refractivity contribution >= 4 is 18.3 Å². The number of methoxy groups -OCH3 is 1. The summed E-state index contributed by atoms with van der Waals surface area (Å²) in [6.45, 7) is 5.78. The van der Waals surface area contributed by atoms with Crippen molar-refractivity contribution in [3.05, 3.63) is 0 Å². The number of hydrogen-bond acceptors (Lipinski definition) is 4. The molecule has 2 fully saturated rings. The number of carbonyl (C=O) groups is 1. The molecule has 0 spiro atoms. The largest absolute Gasteiger partial charge is 0.381 e. The lowest BCUT2D eigenvalue weighted by molar-refractivity contribution is -0.143. The lowest BCUT2D eigenvalue weighted by Gasteiger charge is -2.55. The highest BCUT2D eigenvalue weighted by atomic mass is 35.5. The Morgan fingerprint density at radius 2 is 1.95 bits per heavy atom. The number of amides is 1. The van der Waals surface area contributed by atoms with Gasteiger partial charge in [0, 0.05) is 31.8 Å². The van der Waals surface area contributed by atoms with Crippen LogP contribution in [0.25, 0.3) is 0 Å². The fourth-order valence-electron chi connectivity index (χ4n) is 4.04. The van der Waals surface area contributed by atoms with Crippen molar-refractivity contribution in [2.24, 2.45) is 17.1 Å². The SMILES string of the molecule is CCC1(CC)C(NC(=O)C(N)C2CCOCC2)CC1OC.Cl. The Hall–Kier alpha value is -0.360. The molecule has 0 bridgehead atoms. The number of rotatable bonds is 6. The van der Waals surface area contributed by atoms with E-state index >= 15 is 0 Å². The Bertz CT molecular complexity index is 357. The minimum absolute atomic E-state index is 0. The van der Waals surface area contributed by atoms with Gasteiger partial charge in [0.05, 0.1) is 12.1 Å². The van der Waals surface area contributed by atoms with Gasteiger partial charge in [-0.15, -0.1) is 12.4 Å². The molecule has 3 unspecified atom stereocenters. The minimum Gasteiger partial charge on any atom is -0.381 e. The van der Waals surface area contributed by atoms with E-state index < -0.39 is 6.04 Å². The molecule has 0 aromatic carbocycles. The van der Waals surface area contributed by atoms with Crippen LogP contribution in [0.4, 0.5) is 0 Å². The van der Waals surface area contributed by atoms with Crippen LogP contribution >= 0.6 is 12.4 Å². The second-order valence-electron chi connectivity index (χ2n) is 6.44. The van der Waals surface area contributed by atoms with E-state index in [2.05, 4.69) is 19.2 Å². The number of ether oxygens (including phenoxy) is 2. The molecule has 0 radical (unpaired) electrons. The minimum atomic E-state index is -0.415. The molecule has 5 nitrogen and oxygen atoms in total. The average molecular weight is 335 g/mol. The molecule has 1 aliphatic carbocycles. The van der Waals surface area contributed by atoms with Gasteiger partial charge in [-0.05, 0) is 38.0 Å². The Kier molecular flexibility index (Phi) is 7.59. The number of hydrogen-bond donors (Lipinski definition) is 2. The third-order valence-corrected chi connectivity index (χ3v) is 5.78. The Balaban J connectivity index is 0.00000242. The summed E-state index contributed by atoms with van der Waals surface area (Å²) >= 11 is 0. The predicted octanol–water partition coefficient (Wildman–Crippen LogP) is 1.87. The maximum absolute atomic E-state index is 12.4. The maximum Gasteiger partial charge on any atom is 0.237 e. The van der Waals surface area contributed by atoms with E-state index in [0.29, 0.717) is 13.2 Å². The molecule has 22 heavy (non-hydrogen) atoms. The van der Waals surface area contributed by atoms with Gasteiger partial charge in [-0.2, -0.15) is 0 Å². The first-order chi connectivity index (χ1) is 10.1. The quantitative estimate of drug-likeness (QED) is 0.777. The van der Waals surface area contributed by atoms with Gasteiger partial charge >= 0.3 is 0 Å². The van der Waals surface area contributed by atoms with Crippen LogP contribution in [0, 0.1) is 11.3 Å². The molecule has 1 heterocycles. The summed E-state index contributed by atoms with van der Waals surface area (Å²) < 4.78 is 10.9. The van der Waals surface area contributed by atoms with Gasteiger partial charge in [0.25, 0.3) is 0 Å². The Morgan fingerprint density at radius 1 is 1.36 bits per heavy atom. The molecular weight excluding hydrogens is 304 g/mol. The summed E-state index contributed by atoms with van der Waals surface area (Å²) in [6.07, 6.45) is 4.93. The van der Waals surface area contributed by atoms with Gasteiger partial charge in [0.15, 0.2) is 0 Å². The maximum atomic E-state index is 12.4. The zero-order valence-electron chi connectivity index (χ0n) is 14.0. The second-order valence-corrected chi connectivity index (χ2v) is 6.44. The van der Waals surface area contributed by atoms with Crippen molar-refractivity contribution in [3.63, 3.8) is 0 Å². The monoisotopic (exact) mass is 334 g/mol. The molecule has 0 aromatic rings. The van der Waals surface area contributed by atoms with Crippen molar-refractivity contribution in [2.75, 3.05) is 20.3 Å². The first kappa shape index (κ1) is 19.7. The van der Waals surface area contributed by atoms with E-state index in [1.54, 1.807) is 7.11 Å². The average Bonchev–Trinajstić information content (AvgIpc) is 2.52. The van der Waals surface area contributed by atoms with E-state index in [1.807, 2.05) is 0 Å². The Labute approximate surface area is 140 Å². The molecule has 0 aromatic heterocycles. The summed E-state index contributed by atoms with van der Waals surface area (Å²) in [5, 5.41) is 3.19. The van der Waals surface area contributed by atoms with Gasteiger partial charge in [-0.25, -0.2) is 0 Å². The second kappa shape index (κ2) is 8.48. The zero-order chi connectivity index (χ0) is 15.5. The zero-order valence-corrected chi connectivity index (χ0v) is 14.8. The topological polar surface area (TPSA) is 73.6 Å². The predicted molar refractivity (Wildman–Crippen MR) is 89.1 cm³/mol. The molecule has 1 saturated carbocycles. The van der Waals surface area contributed by atoms with E-state index in [-0.39, 0.29) is 41.8 Å². The fourth-order valence-corrected chi connectivity index (χ4v) is 4.04. The molecule has 3 N–H and O–H groups in total. The number of nitrogens with two attached hydrogens (primary N) is 1. The summed E-state index contributed by atoms with van der Waals surface area (Å²) in [6, 6.07) is -0.224. The van der Waals surface area contributed by atoms with Crippen LogP contribution < -0.4 is 11.1 Å². The van der Waals surface area contributed by atoms with Gasteiger partial charge in [0.1, 0.15) is 0 Å². The standard InChI is InChI=1S/C16H30N2O3.ClH/c1-4-16(5-2)12(10-13(16)20-3)18-15(19)14(17)11-6-8-21-9-7-11;/h11-14H,4-10,17H2,1-3H3,(H,18,19);1H. The van der Waals surface area contributed by atoms with Crippen LogP contribution in [-0.2, 0) is 14.3 Å². The molecule has 3 atom stereocenters. The third-order valence-electron chi connectivity index (χ3n) is 5.78. The van der Waals surface area contributed by atoms with Crippen LogP contribution in [0.2, 0.25) is 0 Å². The van der Waals surface area contributed by atoms with Crippen molar-refractivity contribution in [3.8, 4) is 0 Å².